The first-order chi connectivity index (χ1) is 6.99. The fourth-order valence-corrected chi connectivity index (χ4v) is 1.64. The number of hydrogen-bond donors (Lipinski definition) is 2. The lowest BCUT2D eigenvalue weighted by atomic mass is 9.94. The Bertz CT molecular complexity index is 267. The van der Waals surface area contributed by atoms with Crippen molar-refractivity contribution in [3.05, 3.63) is 0 Å². The number of primary amides is 1. The zero-order valence-electron chi connectivity index (χ0n) is 9.27. The molecule has 5 heteroatoms. The summed E-state index contributed by atoms with van der Waals surface area (Å²) in [6, 6.07) is -0.954. The Balaban J connectivity index is 2.57. The van der Waals surface area contributed by atoms with E-state index in [1.54, 1.807) is 0 Å². The third-order valence-corrected chi connectivity index (χ3v) is 3.17. The van der Waals surface area contributed by atoms with Crippen LogP contribution in [-0.4, -0.2) is 35.3 Å². The highest BCUT2D eigenvalue weighted by atomic mass is 16.2. The number of carbonyl (C=O) groups excluding carboxylic acids is 2. The van der Waals surface area contributed by atoms with Crippen LogP contribution in [0.25, 0.3) is 0 Å². The van der Waals surface area contributed by atoms with Gasteiger partial charge in [-0.2, -0.15) is 0 Å². The number of rotatable bonds is 4. The van der Waals surface area contributed by atoms with Crippen LogP contribution in [0.2, 0.25) is 0 Å². The lowest BCUT2D eigenvalue weighted by Crippen LogP contribution is -2.61. The van der Waals surface area contributed by atoms with E-state index in [0.29, 0.717) is 13.0 Å². The minimum absolute atomic E-state index is 0.131. The molecule has 1 unspecified atom stereocenters. The van der Waals surface area contributed by atoms with Gasteiger partial charge in [-0.1, -0.05) is 20.3 Å². The van der Waals surface area contributed by atoms with Gasteiger partial charge in [0.05, 0.1) is 6.04 Å². The molecule has 86 valence electrons. The molecular formula is C10H19N3O2. The molecule has 1 rings (SSSR count). The molecule has 1 aliphatic heterocycles. The van der Waals surface area contributed by atoms with E-state index >= 15 is 0 Å². The van der Waals surface area contributed by atoms with E-state index < -0.39 is 18.0 Å². The summed E-state index contributed by atoms with van der Waals surface area (Å²) in [6.07, 6.45) is 1.51. The summed E-state index contributed by atoms with van der Waals surface area (Å²) in [7, 11) is 0. The van der Waals surface area contributed by atoms with Crippen LogP contribution in [0, 0.1) is 5.92 Å². The Labute approximate surface area is 89.8 Å². The van der Waals surface area contributed by atoms with Crippen molar-refractivity contribution in [3.8, 4) is 0 Å². The fourth-order valence-electron chi connectivity index (χ4n) is 1.64. The maximum absolute atomic E-state index is 11.8. The molecule has 1 saturated heterocycles. The molecule has 0 aromatic heterocycles. The Morgan fingerprint density at radius 1 is 1.53 bits per heavy atom. The van der Waals surface area contributed by atoms with Gasteiger partial charge in [-0.3, -0.25) is 9.59 Å². The Hall–Kier alpha value is -1.10. The fraction of sp³-hybridized carbons (Fsp3) is 0.800. The molecule has 0 aromatic rings. The van der Waals surface area contributed by atoms with Crippen LogP contribution in [0.3, 0.4) is 0 Å². The standard InChI is InChI=1S/C10H19N3O2/c1-3-6(2)8(11)10(15)13-5-4-7(13)9(12)14/h6-8H,3-5,11H2,1-2H3,(H2,12,14)/t6-,7?,8-/m0/s1. The Morgan fingerprint density at radius 2 is 2.13 bits per heavy atom. The molecule has 0 aliphatic carbocycles. The summed E-state index contributed by atoms with van der Waals surface area (Å²) in [5.41, 5.74) is 11.0. The van der Waals surface area contributed by atoms with Crippen molar-refractivity contribution < 1.29 is 9.59 Å². The molecule has 0 radical (unpaired) electrons. The molecule has 1 fully saturated rings. The van der Waals surface area contributed by atoms with Gasteiger partial charge in [0.1, 0.15) is 6.04 Å². The number of hydrogen-bond acceptors (Lipinski definition) is 3. The molecule has 0 bridgehead atoms. The van der Waals surface area contributed by atoms with Crippen molar-refractivity contribution >= 4 is 11.8 Å². The number of amides is 2. The van der Waals surface area contributed by atoms with Gasteiger partial charge in [-0.15, -0.1) is 0 Å². The first-order valence-electron chi connectivity index (χ1n) is 5.34. The second kappa shape index (κ2) is 4.61. The maximum Gasteiger partial charge on any atom is 0.240 e. The van der Waals surface area contributed by atoms with Crippen molar-refractivity contribution in [1.29, 1.82) is 0 Å². The van der Waals surface area contributed by atoms with E-state index in [2.05, 4.69) is 0 Å². The summed E-state index contributed by atoms with van der Waals surface area (Å²) < 4.78 is 0. The van der Waals surface area contributed by atoms with Crippen molar-refractivity contribution in [2.75, 3.05) is 6.54 Å². The SMILES string of the molecule is CC[C@H](C)[C@H](N)C(=O)N1CCC1C(N)=O. The molecule has 15 heavy (non-hydrogen) atoms. The average molecular weight is 213 g/mol. The van der Waals surface area contributed by atoms with E-state index in [1.165, 1.54) is 4.90 Å². The zero-order valence-corrected chi connectivity index (χ0v) is 9.27. The zero-order chi connectivity index (χ0) is 11.6. The summed E-state index contributed by atoms with van der Waals surface area (Å²) in [5.74, 6) is -0.461. The molecule has 1 aliphatic rings. The van der Waals surface area contributed by atoms with Gasteiger partial charge in [0.25, 0.3) is 0 Å². The molecule has 0 aromatic carbocycles. The summed E-state index contributed by atoms with van der Waals surface area (Å²) in [6.45, 7) is 4.51. The van der Waals surface area contributed by atoms with Crippen LogP contribution in [0.1, 0.15) is 26.7 Å². The highest BCUT2D eigenvalue weighted by Gasteiger charge is 2.38. The molecular weight excluding hydrogens is 194 g/mol. The van der Waals surface area contributed by atoms with Crippen LogP contribution < -0.4 is 11.5 Å². The van der Waals surface area contributed by atoms with Gasteiger partial charge in [-0.05, 0) is 12.3 Å². The lowest BCUT2D eigenvalue weighted by Gasteiger charge is -2.40. The number of nitrogens with zero attached hydrogens (tertiary/aromatic N) is 1. The monoisotopic (exact) mass is 213 g/mol. The van der Waals surface area contributed by atoms with Crippen molar-refractivity contribution in [2.24, 2.45) is 17.4 Å². The van der Waals surface area contributed by atoms with Gasteiger partial charge in [-0.25, -0.2) is 0 Å². The largest absolute Gasteiger partial charge is 0.368 e. The minimum Gasteiger partial charge on any atom is -0.368 e. The second-order valence-electron chi connectivity index (χ2n) is 4.15. The first-order valence-corrected chi connectivity index (χ1v) is 5.34. The number of nitrogens with two attached hydrogens (primary N) is 2. The summed E-state index contributed by atoms with van der Waals surface area (Å²) >= 11 is 0. The predicted octanol–water partition coefficient (Wildman–Crippen LogP) is -0.554. The van der Waals surface area contributed by atoms with Crippen molar-refractivity contribution in [1.82, 2.24) is 4.90 Å². The van der Waals surface area contributed by atoms with Crippen molar-refractivity contribution in [2.45, 2.75) is 38.8 Å². The molecule has 3 atom stereocenters. The molecule has 2 amide bonds. The number of likely N-dealkylation sites (tertiary alicyclic amines) is 1. The van der Waals surface area contributed by atoms with Crippen LogP contribution in [0.5, 0.6) is 0 Å². The van der Waals surface area contributed by atoms with Gasteiger partial charge in [0, 0.05) is 6.54 Å². The molecule has 5 nitrogen and oxygen atoms in total. The third kappa shape index (κ3) is 2.28. The van der Waals surface area contributed by atoms with Crippen LogP contribution >= 0.6 is 0 Å². The normalized spacial score (nSPS) is 24.2. The van der Waals surface area contributed by atoms with Crippen LogP contribution in [-0.2, 0) is 9.59 Å². The highest BCUT2D eigenvalue weighted by Crippen LogP contribution is 2.20. The average Bonchev–Trinajstić information content (AvgIpc) is 2.12. The van der Waals surface area contributed by atoms with Gasteiger partial charge in [0.15, 0.2) is 0 Å². The number of carbonyl (C=O) groups is 2. The van der Waals surface area contributed by atoms with Crippen LogP contribution in [0.4, 0.5) is 0 Å². The molecule has 4 N–H and O–H groups in total. The highest BCUT2D eigenvalue weighted by molar-refractivity contribution is 5.90. The molecule has 0 spiro atoms. The van der Waals surface area contributed by atoms with Gasteiger partial charge in [0.2, 0.25) is 11.8 Å². The quantitative estimate of drug-likeness (QED) is 0.656. The van der Waals surface area contributed by atoms with Crippen LogP contribution in [0.15, 0.2) is 0 Å². The van der Waals surface area contributed by atoms with Gasteiger partial charge < -0.3 is 16.4 Å². The van der Waals surface area contributed by atoms with E-state index in [-0.39, 0.29) is 11.8 Å². The third-order valence-electron chi connectivity index (χ3n) is 3.17. The maximum atomic E-state index is 11.8. The van der Waals surface area contributed by atoms with Crippen molar-refractivity contribution in [3.63, 3.8) is 0 Å². The smallest absolute Gasteiger partial charge is 0.240 e. The van der Waals surface area contributed by atoms with E-state index in [9.17, 15) is 9.59 Å². The molecule has 1 heterocycles. The summed E-state index contributed by atoms with van der Waals surface area (Å²) in [4.78, 5) is 24.3. The Kier molecular flexibility index (Phi) is 3.68. The predicted molar refractivity (Wildman–Crippen MR) is 56.7 cm³/mol. The lowest BCUT2D eigenvalue weighted by molar-refractivity contribution is -0.148. The second-order valence-corrected chi connectivity index (χ2v) is 4.15. The van der Waals surface area contributed by atoms with E-state index in [4.69, 9.17) is 11.5 Å². The minimum atomic E-state index is -0.517. The summed E-state index contributed by atoms with van der Waals surface area (Å²) in [5, 5.41) is 0. The topological polar surface area (TPSA) is 89.4 Å². The molecule has 0 saturated carbocycles. The van der Waals surface area contributed by atoms with E-state index in [0.717, 1.165) is 6.42 Å². The van der Waals surface area contributed by atoms with Gasteiger partial charge >= 0.3 is 0 Å². The van der Waals surface area contributed by atoms with E-state index in [1.807, 2.05) is 13.8 Å². The first kappa shape index (κ1) is 12.0. The Morgan fingerprint density at radius 3 is 2.47 bits per heavy atom.